The molecule has 0 spiro atoms. The molecule has 0 bridgehead atoms. The summed E-state index contributed by atoms with van der Waals surface area (Å²) in [6.07, 6.45) is 4.69. The van der Waals surface area contributed by atoms with Crippen LogP contribution in [0, 0.1) is 11.8 Å². The van der Waals surface area contributed by atoms with E-state index >= 15 is 0 Å². The molecule has 1 aliphatic rings. The second-order valence-electron chi connectivity index (χ2n) is 11.0. The average molecular weight is 494 g/mol. The van der Waals surface area contributed by atoms with Crippen molar-refractivity contribution in [2.24, 2.45) is 11.8 Å². The number of fused-ring (bicyclic) bond motifs is 1. The van der Waals surface area contributed by atoms with Crippen molar-refractivity contribution in [3.05, 3.63) is 53.6 Å². The van der Waals surface area contributed by atoms with Crippen molar-refractivity contribution in [1.29, 1.82) is 0 Å². The first-order valence-corrected chi connectivity index (χ1v) is 13.4. The molecule has 0 saturated carbocycles. The molecule has 7 nitrogen and oxygen atoms in total. The molecular formula is C29H43N5O2. The van der Waals surface area contributed by atoms with E-state index in [0.29, 0.717) is 37.5 Å². The van der Waals surface area contributed by atoms with Gasteiger partial charge in [0.15, 0.2) is 0 Å². The lowest BCUT2D eigenvalue weighted by atomic mass is 10.1. The maximum atomic E-state index is 13.7. The highest BCUT2D eigenvalue weighted by molar-refractivity contribution is 5.95. The quantitative estimate of drug-likeness (QED) is 0.567. The van der Waals surface area contributed by atoms with Crippen LogP contribution in [-0.2, 0) is 11.3 Å². The Morgan fingerprint density at radius 2 is 1.58 bits per heavy atom. The zero-order valence-electron chi connectivity index (χ0n) is 22.9. The Kier molecular flexibility index (Phi) is 9.99. The van der Waals surface area contributed by atoms with Crippen molar-refractivity contribution in [2.75, 3.05) is 37.6 Å². The van der Waals surface area contributed by atoms with Gasteiger partial charge in [-0.25, -0.2) is 9.97 Å². The summed E-state index contributed by atoms with van der Waals surface area (Å²) in [5, 5.41) is 0. The smallest absolute Gasteiger partial charge is 0.257 e. The van der Waals surface area contributed by atoms with Crippen molar-refractivity contribution in [2.45, 2.75) is 66.8 Å². The first-order chi connectivity index (χ1) is 17.2. The van der Waals surface area contributed by atoms with Gasteiger partial charge < -0.3 is 14.7 Å². The third kappa shape index (κ3) is 7.60. The number of amides is 2. The molecule has 196 valence electrons. The van der Waals surface area contributed by atoms with E-state index in [2.05, 4.69) is 42.6 Å². The first kappa shape index (κ1) is 27.8. The number of nitrogens with zero attached hydrogens (tertiary/aromatic N) is 5. The van der Waals surface area contributed by atoms with Gasteiger partial charge in [0.1, 0.15) is 5.82 Å². The third-order valence-corrected chi connectivity index (χ3v) is 6.42. The normalized spacial score (nSPS) is 15.8. The fourth-order valence-electron chi connectivity index (χ4n) is 4.66. The molecular weight excluding hydrogens is 450 g/mol. The van der Waals surface area contributed by atoms with E-state index in [0.717, 1.165) is 43.1 Å². The van der Waals surface area contributed by atoms with Crippen LogP contribution in [0.15, 0.2) is 36.7 Å². The van der Waals surface area contributed by atoms with Gasteiger partial charge in [0, 0.05) is 63.1 Å². The van der Waals surface area contributed by atoms with Gasteiger partial charge in [0.2, 0.25) is 5.91 Å². The molecule has 0 radical (unpaired) electrons. The maximum absolute atomic E-state index is 13.7. The van der Waals surface area contributed by atoms with E-state index in [-0.39, 0.29) is 23.7 Å². The largest absolute Gasteiger partial charge is 0.333 e. The van der Waals surface area contributed by atoms with Gasteiger partial charge in [-0.05, 0) is 36.4 Å². The van der Waals surface area contributed by atoms with Crippen LogP contribution in [0.1, 0.15) is 82.0 Å². The summed E-state index contributed by atoms with van der Waals surface area (Å²) in [6.45, 7) is 17.0. The molecule has 0 saturated heterocycles. The van der Waals surface area contributed by atoms with Gasteiger partial charge in [-0.2, -0.15) is 0 Å². The lowest BCUT2D eigenvalue weighted by Crippen LogP contribution is -2.40. The lowest BCUT2D eigenvalue weighted by molar-refractivity contribution is -0.119. The predicted molar refractivity (Wildman–Crippen MR) is 145 cm³/mol. The molecule has 0 atom stereocenters. The summed E-state index contributed by atoms with van der Waals surface area (Å²) >= 11 is 0. The van der Waals surface area contributed by atoms with Crippen LogP contribution in [0.4, 0.5) is 5.69 Å². The van der Waals surface area contributed by atoms with Crippen LogP contribution in [0.2, 0.25) is 0 Å². The molecule has 0 unspecified atom stereocenters. The van der Waals surface area contributed by atoms with Crippen LogP contribution < -0.4 is 4.90 Å². The standard InChI is InChI=1S/C29H43N5O2/c1-21(2)16-27(35)34-13-9-12-32(19-22(3)4)14-15-33(20-24-10-7-8-11-26(24)34)29(36)25-17-30-28(23(5)6)31-18-25/h7-8,10-11,17-18,21-23H,9,12-16,19-20H2,1-6H3. The molecule has 7 heteroatoms. The fourth-order valence-corrected chi connectivity index (χ4v) is 4.66. The highest BCUT2D eigenvalue weighted by Gasteiger charge is 2.25. The average Bonchev–Trinajstić information content (AvgIpc) is 2.86. The van der Waals surface area contributed by atoms with Gasteiger partial charge in [0.05, 0.1) is 5.56 Å². The molecule has 2 aromatic rings. The Morgan fingerprint density at radius 3 is 2.22 bits per heavy atom. The van der Waals surface area contributed by atoms with Crippen molar-refractivity contribution in [1.82, 2.24) is 19.8 Å². The number of para-hydroxylation sites is 1. The molecule has 36 heavy (non-hydrogen) atoms. The zero-order valence-corrected chi connectivity index (χ0v) is 22.9. The van der Waals surface area contributed by atoms with E-state index in [1.165, 1.54) is 0 Å². The highest BCUT2D eigenvalue weighted by atomic mass is 16.2. The van der Waals surface area contributed by atoms with Crippen molar-refractivity contribution < 1.29 is 9.59 Å². The number of anilines is 1. The first-order valence-electron chi connectivity index (χ1n) is 13.4. The van der Waals surface area contributed by atoms with Crippen LogP contribution in [-0.4, -0.2) is 64.3 Å². The van der Waals surface area contributed by atoms with Gasteiger partial charge >= 0.3 is 0 Å². The number of rotatable bonds is 6. The molecule has 1 aromatic heterocycles. The molecule has 1 aliphatic heterocycles. The topological polar surface area (TPSA) is 69.6 Å². The van der Waals surface area contributed by atoms with Gasteiger partial charge in [0.25, 0.3) is 5.91 Å². The minimum Gasteiger partial charge on any atom is -0.333 e. The monoisotopic (exact) mass is 493 g/mol. The summed E-state index contributed by atoms with van der Waals surface area (Å²) in [6, 6.07) is 8.01. The highest BCUT2D eigenvalue weighted by Crippen LogP contribution is 2.25. The summed E-state index contributed by atoms with van der Waals surface area (Å²) in [7, 11) is 0. The van der Waals surface area contributed by atoms with E-state index in [4.69, 9.17) is 0 Å². The molecule has 2 amide bonds. The van der Waals surface area contributed by atoms with Crippen LogP contribution in [0.3, 0.4) is 0 Å². The molecule has 0 N–H and O–H groups in total. The van der Waals surface area contributed by atoms with Crippen LogP contribution >= 0.6 is 0 Å². The Bertz CT molecular complexity index is 1000. The SMILES string of the molecule is CC(C)CC(=O)N1CCCN(CC(C)C)CCN(C(=O)c2cnc(C(C)C)nc2)Cc2ccccc21. The van der Waals surface area contributed by atoms with E-state index in [1.54, 1.807) is 12.4 Å². The summed E-state index contributed by atoms with van der Waals surface area (Å²) < 4.78 is 0. The van der Waals surface area contributed by atoms with Crippen LogP contribution in [0.25, 0.3) is 0 Å². The number of benzene rings is 1. The molecule has 1 aromatic carbocycles. The Balaban J connectivity index is 1.97. The van der Waals surface area contributed by atoms with Crippen molar-refractivity contribution in [3.8, 4) is 0 Å². The molecule has 3 rings (SSSR count). The number of carbonyl (C=O) groups is 2. The summed E-state index contributed by atoms with van der Waals surface area (Å²) in [5.41, 5.74) is 2.39. The minimum atomic E-state index is -0.0797. The second kappa shape index (κ2) is 12.9. The minimum absolute atomic E-state index is 0.0797. The summed E-state index contributed by atoms with van der Waals surface area (Å²) in [4.78, 5) is 42.1. The van der Waals surface area contributed by atoms with Crippen molar-refractivity contribution in [3.63, 3.8) is 0 Å². The lowest BCUT2D eigenvalue weighted by Gasteiger charge is -2.29. The maximum Gasteiger partial charge on any atom is 0.257 e. The number of aromatic nitrogens is 2. The van der Waals surface area contributed by atoms with Crippen LogP contribution in [0.5, 0.6) is 0 Å². The van der Waals surface area contributed by atoms with Crippen molar-refractivity contribution >= 4 is 17.5 Å². The molecule has 2 heterocycles. The van der Waals surface area contributed by atoms with Gasteiger partial charge in [-0.3, -0.25) is 9.59 Å². The summed E-state index contributed by atoms with van der Waals surface area (Å²) in [5.74, 6) is 1.81. The van der Waals surface area contributed by atoms with E-state index < -0.39 is 0 Å². The number of carbonyl (C=O) groups excluding carboxylic acids is 2. The predicted octanol–water partition coefficient (Wildman–Crippen LogP) is 4.98. The Hall–Kier alpha value is -2.80. The van der Waals surface area contributed by atoms with E-state index in [1.807, 2.05) is 47.9 Å². The third-order valence-electron chi connectivity index (χ3n) is 6.42. The Morgan fingerprint density at radius 1 is 0.889 bits per heavy atom. The second-order valence-corrected chi connectivity index (χ2v) is 11.0. The fraction of sp³-hybridized carbons (Fsp3) is 0.586. The number of hydrogen-bond acceptors (Lipinski definition) is 5. The van der Waals surface area contributed by atoms with Gasteiger partial charge in [-0.1, -0.05) is 59.7 Å². The Labute approximate surface area is 216 Å². The molecule has 0 aliphatic carbocycles. The zero-order chi connectivity index (χ0) is 26.2. The van der Waals surface area contributed by atoms with Gasteiger partial charge in [-0.15, -0.1) is 0 Å². The molecule has 0 fully saturated rings. The van der Waals surface area contributed by atoms with E-state index in [9.17, 15) is 9.59 Å². The number of hydrogen-bond donors (Lipinski definition) is 0.